The van der Waals surface area contributed by atoms with Gasteiger partial charge in [0.25, 0.3) is 5.91 Å². The summed E-state index contributed by atoms with van der Waals surface area (Å²) in [5.74, 6) is 0.405. The standard InChI is InChI=1S/C12H13ClN4O/c1-7(11-15-4-5-16-11)17-12(18)9-6-8(13)2-3-10(9)14/h2-7H,14H2,1H3,(H,15,16)(H,17,18). The molecule has 0 saturated heterocycles. The summed E-state index contributed by atoms with van der Waals surface area (Å²) in [7, 11) is 0. The van der Waals surface area contributed by atoms with Gasteiger partial charge >= 0.3 is 0 Å². The number of halogens is 1. The highest BCUT2D eigenvalue weighted by Crippen LogP contribution is 2.18. The molecular weight excluding hydrogens is 252 g/mol. The Labute approximate surface area is 109 Å². The molecule has 0 aliphatic heterocycles. The third-order valence-electron chi connectivity index (χ3n) is 2.54. The Morgan fingerprint density at radius 1 is 1.56 bits per heavy atom. The maximum atomic E-state index is 12.0. The Hall–Kier alpha value is -2.01. The van der Waals surface area contributed by atoms with Crippen LogP contribution in [0.15, 0.2) is 30.6 Å². The number of aromatic nitrogens is 2. The van der Waals surface area contributed by atoms with Gasteiger partial charge in [-0.15, -0.1) is 0 Å². The van der Waals surface area contributed by atoms with E-state index in [1.807, 2.05) is 6.92 Å². The molecule has 1 aromatic heterocycles. The summed E-state index contributed by atoms with van der Waals surface area (Å²) in [6, 6.07) is 4.56. The molecule has 2 rings (SSSR count). The van der Waals surface area contributed by atoms with Crippen LogP contribution in [0.1, 0.15) is 29.1 Å². The van der Waals surface area contributed by atoms with Gasteiger partial charge in [0.1, 0.15) is 5.82 Å². The lowest BCUT2D eigenvalue weighted by Gasteiger charge is -2.12. The van der Waals surface area contributed by atoms with Gasteiger partial charge in [0.2, 0.25) is 0 Å². The van der Waals surface area contributed by atoms with Crippen LogP contribution >= 0.6 is 11.6 Å². The van der Waals surface area contributed by atoms with E-state index in [0.717, 1.165) is 0 Å². The van der Waals surface area contributed by atoms with Crippen molar-refractivity contribution in [2.24, 2.45) is 0 Å². The van der Waals surface area contributed by atoms with Gasteiger partial charge in [-0.05, 0) is 25.1 Å². The van der Waals surface area contributed by atoms with Crippen molar-refractivity contribution in [3.05, 3.63) is 47.0 Å². The van der Waals surface area contributed by atoms with Crippen LogP contribution in [0.4, 0.5) is 5.69 Å². The summed E-state index contributed by atoms with van der Waals surface area (Å²) >= 11 is 5.84. The highest BCUT2D eigenvalue weighted by Gasteiger charge is 2.15. The monoisotopic (exact) mass is 264 g/mol. The number of hydrogen-bond donors (Lipinski definition) is 3. The number of amides is 1. The van der Waals surface area contributed by atoms with Gasteiger partial charge in [0, 0.05) is 23.1 Å². The van der Waals surface area contributed by atoms with Gasteiger partial charge in [0.15, 0.2) is 0 Å². The van der Waals surface area contributed by atoms with Crippen LogP contribution < -0.4 is 11.1 Å². The van der Waals surface area contributed by atoms with Crippen LogP contribution in [-0.4, -0.2) is 15.9 Å². The summed E-state index contributed by atoms with van der Waals surface area (Å²) in [6.45, 7) is 1.83. The number of rotatable bonds is 3. The number of nitrogens with one attached hydrogen (secondary N) is 2. The number of nitrogens with two attached hydrogens (primary N) is 1. The van der Waals surface area contributed by atoms with Crippen LogP contribution in [0.25, 0.3) is 0 Å². The highest BCUT2D eigenvalue weighted by atomic mass is 35.5. The minimum Gasteiger partial charge on any atom is -0.398 e. The molecule has 1 amide bonds. The smallest absolute Gasteiger partial charge is 0.254 e. The predicted molar refractivity (Wildman–Crippen MR) is 70.3 cm³/mol. The van der Waals surface area contributed by atoms with Crippen LogP contribution in [0.2, 0.25) is 5.02 Å². The topological polar surface area (TPSA) is 83.8 Å². The van der Waals surface area contributed by atoms with Crippen molar-refractivity contribution in [3.63, 3.8) is 0 Å². The zero-order valence-electron chi connectivity index (χ0n) is 9.77. The van der Waals surface area contributed by atoms with Crippen molar-refractivity contribution < 1.29 is 4.79 Å². The Morgan fingerprint density at radius 2 is 2.33 bits per heavy atom. The van der Waals surface area contributed by atoms with Crippen molar-refractivity contribution in [2.45, 2.75) is 13.0 Å². The molecule has 1 aromatic carbocycles. The Balaban J connectivity index is 2.15. The Kier molecular flexibility index (Phi) is 3.53. The Morgan fingerprint density at radius 3 is 3.00 bits per heavy atom. The number of benzene rings is 1. The van der Waals surface area contributed by atoms with E-state index in [9.17, 15) is 4.79 Å². The van der Waals surface area contributed by atoms with Gasteiger partial charge in [0.05, 0.1) is 11.6 Å². The number of hydrogen-bond acceptors (Lipinski definition) is 3. The van der Waals surface area contributed by atoms with E-state index in [1.54, 1.807) is 30.6 Å². The number of carbonyl (C=O) groups excluding carboxylic acids is 1. The number of nitrogen functional groups attached to an aromatic ring is 1. The molecule has 0 aliphatic rings. The van der Waals surface area contributed by atoms with Crippen LogP contribution in [-0.2, 0) is 0 Å². The lowest BCUT2D eigenvalue weighted by Crippen LogP contribution is -2.28. The van der Waals surface area contributed by atoms with Crippen LogP contribution in [0, 0.1) is 0 Å². The maximum absolute atomic E-state index is 12.0. The first kappa shape index (κ1) is 12.4. The predicted octanol–water partition coefficient (Wildman–Crippen LogP) is 2.14. The fraction of sp³-hybridized carbons (Fsp3) is 0.167. The minimum absolute atomic E-state index is 0.231. The van der Waals surface area contributed by atoms with E-state index >= 15 is 0 Å². The van der Waals surface area contributed by atoms with Crippen molar-refractivity contribution in [3.8, 4) is 0 Å². The number of H-pyrrole nitrogens is 1. The molecule has 1 atom stereocenters. The third kappa shape index (κ3) is 2.62. The largest absolute Gasteiger partial charge is 0.398 e. The second-order valence-corrected chi connectivity index (χ2v) is 4.34. The van der Waals surface area contributed by atoms with Crippen molar-refractivity contribution in [1.82, 2.24) is 15.3 Å². The number of imidazole rings is 1. The van der Waals surface area contributed by atoms with Crippen molar-refractivity contribution in [1.29, 1.82) is 0 Å². The van der Waals surface area contributed by atoms with Gasteiger partial charge in [-0.25, -0.2) is 4.98 Å². The van der Waals surface area contributed by atoms with E-state index in [1.165, 1.54) is 0 Å². The summed E-state index contributed by atoms with van der Waals surface area (Å²) in [4.78, 5) is 19.0. The van der Waals surface area contributed by atoms with Crippen molar-refractivity contribution >= 4 is 23.2 Å². The molecule has 5 nitrogen and oxygen atoms in total. The number of aromatic amines is 1. The first-order valence-electron chi connectivity index (χ1n) is 5.43. The molecule has 94 valence electrons. The summed E-state index contributed by atoms with van der Waals surface area (Å²) < 4.78 is 0. The lowest BCUT2D eigenvalue weighted by atomic mass is 10.1. The molecule has 6 heteroatoms. The maximum Gasteiger partial charge on any atom is 0.254 e. The average Bonchev–Trinajstić information content (AvgIpc) is 2.85. The third-order valence-corrected chi connectivity index (χ3v) is 2.77. The van der Waals surface area contributed by atoms with Gasteiger partial charge in [-0.3, -0.25) is 4.79 Å². The lowest BCUT2D eigenvalue weighted by molar-refractivity contribution is 0.0939. The molecule has 0 spiro atoms. The second-order valence-electron chi connectivity index (χ2n) is 3.90. The molecule has 0 saturated carbocycles. The molecule has 18 heavy (non-hydrogen) atoms. The highest BCUT2D eigenvalue weighted by molar-refractivity contribution is 6.31. The molecule has 4 N–H and O–H groups in total. The zero-order chi connectivity index (χ0) is 13.1. The summed E-state index contributed by atoms with van der Waals surface area (Å²) in [5.41, 5.74) is 6.50. The first-order valence-corrected chi connectivity index (χ1v) is 5.81. The molecular formula is C12H13ClN4O. The molecule has 0 radical (unpaired) electrons. The zero-order valence-corrected chi connectivity index (χ0v) is 10.5. The summed E-state index contributed by atoms with van der Waals surface area (Å²) in [6.07, 6.45) is 3.33. The van der Waals surface area contributed by atoms with Crippen molar-refractivity contribution in [2.75, 3.05) is 5.73 Å². The normalized spacial score (nSPS) is 12.1. The first-order chi connectivity index (χ1) is 8.58. The fourth-order valence-electron chi connectivity index (χ4n) is 1.58. The molecule has 1 heterocycles. The average molecular weight is 265 g/mol. The molecule has 2 aromatic rings. The quantitative estimate of drug-likeness (QED) is 0.743. The molecule has 0 fully saturated rings. The van der Waals surface area contributed by atoms with Gasteiger partial charge in [-0.2, -0.15) is 0 Å². The van der Waals surface area contributed by atoms with E-state index < -0.39 is 0 Å². The number of anilines is 1. The molecule has 1 unspecified atom stereocenters. The van der Waals surface area contributed by atoms with E-state index in [0.29, 0.717) is 22.1 Å². The van der Waals surface area contributed by atoms with Gasteiger partial charge in [-0.1, -0.05) is 11.6 Å². The molecule has 0 bridgehead atoms. The van der Waals surface area contributed by atoms with E-state index in [4.69, 9.17) is 17.3 Å². The van der Waals surface area contributed by atoms with Crippen LogP contribution in [0.5, 0.6) is 0 Å². The molecule has 0 aliphatic carbocycles. The summed E-state index contributed by atoms with van der Waals surface area (Å²) in [5, 5.41) is 3.27. The minimum atomic E-state index is -0.279. The van der Waals surface area contributed by atoms with Gasteiger partial charge < -0.3 is 16.0 Å². The fourth-order valence-corrected chi connectivity index (χ4v) is 1.75. The van der Waals surface area contributed by atoms with E-state index in [-0.39, 0.29) is 11.9 Å². The second kappa shape index (κ2) is 5.10. The number of carbonyl (C=O) groups is 1. The number of nitrogens with zero attached hydrogens (tertiary/aromatic N) is 1. The van der Waals surface area contributed by atoms with E-state index in [2.05, 4.69) is 15.3 Å². The Bertz CT molecular complexity index is 553. The van der Waals surface area contributed by atoms with Crippen LogP contribution in [0.3, 0.4) is 0 Å². The SMILES string of the molecule is CC(NC(=O)c1cc(Cl)ccc1N)c1ncc[nH]1.